The summed E-state index contributed by atoms with van der Waals surface area (Å²) in [6, 6.07) is 2.65. The van der Waals surface area contributed by atoms with Gasteiger partial charge in [0.15, 0.2) is 0 Å². The van der Waals surface area contributed by atoms with Crippen molar-refractivity contribution >= 4 is 34.8 Å². The summed E-state index contributed by atoms with van der Waals surface area (Å²) < 4.78 is 4.88. The fourth-order valence-electron chi connectivity index (χ4n) is 1.95. The predicted octanol–water partition coefficient (Wildman–Crippen LogP) is 1.14. The number of hydrogen-bond acceptors (Lipinski definition) is 4. The molecule has 0 saturated heterocycles. The number of ether oxygens (including phenoxy) is 1. The fourth-order valence-corrected chi connectivity index (χ4v) is 2.16. The van der Waals surface area contributed by atoms with E-state index in [2.05, 4.69) is 10.6 Å². The van der Waals surface area contributed by atoms with E-state index < -0.39 is 6.04 Å². The summed E-state index contributed by atoms with van der Waals surface area (Å²) in [5, 5.41) is 5.72. The molecule has 0 aromatic heterocycles. The van der Waals surface area contributed by atoms with Crippen molar-refractivity contribution in [2.45, 2.75) is 18.9 Å². The minimum absolute atomic E-state index is 0.0867. The number of amides is 2. The fraction of sp³-hybridized carbons (Fsp3) is 0.385. The predicted molar refractivity (Wildman–Crippen MR) is 76.9 cm³/mol. The topological polar surface area (TPSA) is 93.4 Å². The Balaban J connectivity index is 2.08. The van der Waals surface area contributed by atoms with Crippen molar-refractivity contribution in [3.05, 3.63) is 22.7 Å². The third-order valence-electron chi connectivity index (χ3n) is 3.05. The van der Waals surface area contributed by atoms with E-state index in [4.69, 9.17) is 22.1 Å². The quantitative estimate of drug-likeness (QED) is 0.759. The van der Waals surface area contributed by atoms with Crippen molar-refractivity contribution in [2.75, 3.05) is 24.4 Å². The number of nitrogens with two attached hydrogens (primary N) is 1. The SMILES string of the molecule is COCCC(N)C(=O)Nc1cc2c(cc1Cl)NC(=O)C2. The number of hydrogen-bond donors (Lipinski definition) is 3. The Labute approximate surface area is 121 Å². The Morgan fingerprint density at radius 1 is 1.60 bits per heavy atom. The zero-order valence-electron chi connectivity index (χ0n) is 11.0. The Morgan fingerprint density at radius 2 is 2.35 bits per heavy atom. The zero-order valence-corrected chi connectivity index (χ0v) is 11.8. The van der Waals surface area contributed by atoms with Crippen molar-refractivity contribution < 1.29 is 14.3 Å². The van der Waals surface area contributed by atoms with Crippen LogP contribution in [0.15, 0.2) is 12.1 Å². The minimum Gasteiger partial charge on any atom is -0.385 e. The summed E-state index contributed by atoms with van der Waals surface area (Å²) in [4.78, 5) is 23.2. The Kier molecular flexibility index (Phi) is 4.59. The standard InChI is InChI=1S/C13H16ClN3O3/c1-20-3-2-9(15)13(19)17-11-4-7-5-12(18)16-10(7)6-8(11)14/h4,6,9H,2-3,5,15H2,1H3,(H,16,18)(H,17,19). The summed E-state index contributed by atoms with van der Waals surface area (Å²) in [5.41, 5.74) is 7.68. The molecule has 0 aliphatic carbocycles. The molecule has 0 radical (unpaired) electrons. The molecule has 20 heavy (non-hydrogen) atoms. The van der Waals surface area contributed by atoms with Gasteiger partial charge in [-0.2, -0.15) is 0 Å². The highest BCUT2D eigenvalue weighted by Gasteiger charge is 2.21. The minimum atomic E-state index is -0.668. The van der Waals surface area contributed by atoms with Gasteiger partial charge in [-0.05, 0) is 24.1 Å². The van der Waals surface area contributed by atoms with Crippen LogP contribution in [0.5, 0.6) is 0 Å². The summed E-state index contributed by atoms with van der Waals surface area (Å²) in [7, 11) is 1.55. The van der Waals surface area contributed by atoms with Crippen molar-refractivity contribution in [1.82, 2.24) is 0 Å². The molecule has 0 fully saturated rings. The lowest BCUT2D eigenvalue weighted by Crippen LogP contribution is -2.36. The van der Waals surface area contributed by atoms with Gasteiger partial charge >= 0.3 is 0 Å². The van der Waals surface area contributed by atoms with Crippen LogP contribution in [0.2, 0.25) is 5.02 Å². The Bertz CT molecular complexity index is 548. The second-order valence-electron chi connectivity index (χ2n) is 4.59. The van der Waals surface area contributed by atoms with E-state index in [0.717, 1.165) is 5.56 Å². The van der Waals surface area contributed by atoms with Crippen molar-refractivity contribution in [3.63, 3.8) is 0 Å². The van der Waals surface area contributed by atoms with Gasteiger partial charge in [0, 0.05) is 19.4 Å². The second kappa shape index (κ2) is 6.21. The largest absolute Gasteiger partial charge is 0.385 e. The molecule has 1 unspecified atom stereocenters. The zero-order chi connectivity index (χ0) is 14.7. The lowest BCUT2D eigenvalue weighted by molar-refractivity contribution is -0.117. The first kappa shape index (κ1) is 14.8. The molecule has 7 heteroatoms. The van der Waals surface area contributed by atoms with Gasteiger partial charge in [0.05, 0.1) is 23.2 Å². The first-order valence-electron chi connectivity index (χ1n) is 6.19. The molecule has 1 aromatic carbocycles. The number of anilines is 2. The molecule has 2 rings (SSSR count). The molecule has 0 bridgehead atoms. The summed E-state index contributed by atoms with van der Waals surface area (Å²) in [5.74, 6) is -0.419. The number of methoxy groups -OCH3 is 1. The number of halogens is 1. The van der Waals surface area contributed by atoms with E-state index in [1.165, 1.54) is 0 Å². The maximum Gasteiger partial charge on any atom is 0.241 e. The lowest BCUT2D eigenvalue weighted by atomic mass is 10.1. The van der Waals surface area contributed by atoms with Crippen LogP contribution >= 0.6 is 11.6 Å². The van der Waals surface area contributed by atoms with Crippen LogP contribution in [0.4, 0.5) is 11.4 Å². The average Bonchev–Trinajstić information content (AvgIpc) is 2.75. The van der Waals surface area contributed by atoms with E-state index in [0.29, 0.717) is 29.4 Å². The molecular weight excluding hydrogens is 282 g/mol. The smallest absolute Gasteiger partial charge is 0.241 e. The molecular formula is C13H16ClN3O3. The van der Waals surface area contributed by atoms with Crippen LogP contribution in [-0.2, 0) is 20.7 Å². The monoisotopic (exact) mass is 297 g/mol. The molecule has 1 heterocycles. The molecule has 1 aromatic rings. The molecule has 2 amide bonds. The molecule has 4 N–H and O–H groups in total. The first-order valence-corrected chi connectivity index (χ1v) is 6.56. The third-order valence-corrected chi connectivity index (χ3v) is 3.36. The Hall–Kier alpha value is -1.63. The third kappa shape index (κ3) is 3.27. The van der Waals surface area contributed by atoms with E-state index in [1.807, 2.05) is 0 Å². The average molecular weight is 298 g/mol. The number of fused-ring (bicyclic) bond motifs is 1. The summed E-state index contributed by atoms with van der Waals surface area (Å²) in [6.07, 6.45) is 0.704. The van der Waals surface area contributed by atoms with Gasteiger partial charge in [-0.15, -0.1) is 0 Å². The van der Waals surface area contributed by atoms with Gasteiger partial charge in [0.1, 0.15) is 0 Å². The van der Waals surface area contributed by atoms with Crippen LogP contribution in [0.3, 0.4) is 0 Å². The van der Waals surface area contributed by atoms with Gasteiger partial charge in [-0.1, -0.05) is 11.6 Å². The van der Waals surface area contributed by atoms with Gasteiger partial charge < -0.3 is 21.1 Å². The van der Waals surface area contributed by atoms with Gasteiger partial charge in [0.25, 0.3) is 0 Å². The van der Waals surface area contributed by atoms with E-state index in [9.17, 15) is 9.59 Å². The normalized spacial score (nSPS) is 14.7. The molecule has 108 valence electrons. The number of rotatable bonds is 5. The van der Waals surface area contributed by atoms with Gasteiger partial charge in [0.2, 0.25) is 11.8 Å². The number of nitrogens with one attached hydrogen (secondary N) is 2. The van der Waals surface area contributed by atoms with Crippen LogP contribution in [-0.4, -0.2) is 31.6 Å². The molecule has 0 saturated carbocycles. The maximum absolute atomic E-state index is 11.9. The highest BCUT2D eigenvalue weighted by atomic mass is 35.5. The molecule has 1 aliphatic heterocycles. The second-order valence-corrected chi connectivity index (χ2v) is 5.00. The van der Waals surface area contributed by atoms with Crippen molar-refractivity contribution in [1.29, 1.82) is 0 Å². The van der Waals surface area contributed by atoms with E-state index >= 15 is 0 Å². The lowest BCUT2D eigenvalue weighted by Gasteiger charge is -2.13. The maximum atomic E-state index is 11.9. The van der Waals surface area contributed by atoms with Crippen molar-refractivity contribution in [2.24, 2.45) is 5.73 Å². The number of carbonyl (C=O) groups is 2. The Morgan fingerprint density at radius 3 is 3.05 bits per heavy atom. The molecule has 6 nitrogen and oxygen atoms in total. The highest BCUT2D eigenvalue weighted by Crippen LogP contribution is 2.32. The van der Waals surface area contributed by atoms with Gasteiger partial charge in [-0.25, -0.2) is 0 Å². The highest BCUT2D eigenvalue weighted by molar-refractivity contribution is 6.34. The van der Waals surface area contributed by atoms with Crippen LogP contribution in [0.25, 0.3) is 0 Å². The van der Waals surface area contributed by atoms with Crippen LogP contribution < -0.4 is 16.4 Å². The van der Waals surface area contributed by atoms with Crippen LogP contribution in [0.1, 0.15) is 12.0 Å². The number of carbonyl (C=O) groups excluding carboxylic acids is 2. The molecule has 1 atom stereocenters. The van der Waals surface area contributed by atoms with Crippen LogP contribution in [0, 0.1) is 0 Å². The summed E-state index contributed by atoms with van der Waals surface area (Å²) >= 11 is 6.08. The van der Waals surface area contributed by atoms with Crippen molar-refractivity contribution in [3.8, 4) is 0 Å². The van der Waals surface area contributed by atoms with E-state index in [-0.39, 0.29) is 18.2 Å². The molecule has 0 spiro atoms. The number of benzene rings is 1. The molecule has 1 aliphatic rings. The first-order chi connectivity index (χ1) is 9.51. The summed E-state index contributed by atoms with van der Waals surface area (Å²) in [6.45, 7) is 0.408. The van der Waals surface area contributed by atoms with E-state index in [1.54, 1.807) is 19.2 Å². The van der Waals surface area contributed by atoms with Gasteiger partial charge in [-0.3, -0.25) is 9.59 Å².